The van der Waals surface area contributed by atoms with Crippen LogP contribution in [0.2, 0.25) is 0 Å². The maximum Gasteiger partial charge on any atom is 0.0158 e. The van der Waals surface area contributed by atoms with Crippen LogP contribution in [0.15, 0.2) is 0 Å². The summed E-state index contributed by atoms with van der Waals surface area (Å²) in [6.45, 7) is 11.8. The molecule has 1 aliphatic heterocycles. The van der Waals surface area contributed by atoms with E-state index in [-0.39, 0.29) is 18.6 Å². The molecule has 0 N–H and O–H groups in total. The fourth-order valence-corrected chi connectivity index (χ4v) is 2.87. The molecule has 2 heteroatoms. The standard InChI is InChI=1S/C11H23N.V/c1-9-7-10(2,3)12(6)11(4,5)8-9;/h9H,7-8H2,1-6H3;. The van der Waals surface area contributed by atoms with Gasteiger partial charge in [-0.1, -0.05) is 6.92 Å². The molecule has 0 unspecified atom stereocenters. The summed E-state index contributed by atoms with van der Waals surface area (Å²) < 4.78 is 0. The van der Waals surface area contributed by atoms with E-state index < -0.39 is 0 Å². The molecule has 1 rings (SSSR count). The van der Waals surface area contributed by atoms with E-state index in [4.69, 9.17) is 0 Å². The fourth-order valence-electron chi connectivity index (χ4n) is 2.87. The van der Waals surface area contributed by atoms with Crippen molar-refractivity contribution in [3.63, 3.8) is 0 Å². The minimum absolute atomic E-state index is 0. The molecule has 0 saturated carbocycles. The SMILES string of the molecule is CC1CC(C)(C)N(C)C(C)(C)C1.[V]. The van der Waals surface area contributed by atoms with Crippen LogP contribution < -0.4 is 0 Å². The molecule has 0 spiro atoms. The number of piperidine rings is 1. The van der Waals surface area contributed by atoms with Crippen LogP contribution in [0, 0.1) is 5.92 Å². The van der Waals surface area contributed by atoms with Crippen molar-refractivity contribution in [3.05, 3.63) is 0 Å². The first-order valence-corrected chi connectivity index (χ1v) is 5.00. The Morgan fingerprint density at radius 2 is 1.31 bits per heavy atom. The normalized spacial score (nSPS) is 28.2. The van der Waals surface area contributed by atoms with E-state index in [0.717, 1.165) is 5.92 Å². The first-order valence-electron chi connectivity index (χ1n) is 5.00. The van der Waals surface area contributed by atoms with E-state index in [1.54, 1.807) is 0 Å². The van der Waals surface area contributed by atoms with Gasteiger partial charge in [-0.05, 0) is 53.5 Å². The first-order chi connectivity index (χ1) is 5.26. The Morgan fingerprint density at radius 1 is 1.00 bits per heavy atom. The Morgan fingerprint density at radius 3 is 1.62 bits per heavy atom. The summed E-state index contributed by atoms with van der Waals surface area (Å²) in [6, 6.07) is 0. The van der Waals surface area contributed by atoms with Crippen molar-refractivity contribution in [2.45, 2.75) is 58.5 Å². The number of likely N-dealkylation sites (tertiary alicyclic amines) is 1. The van der Waals surface area contributed by atoms with Gasteiger partial charge >= 0.3 is 0 Å². The number of nitrogens with zero attached hydrogens (tertiary/aromatic N) is 1. The predicted octanol–water partition coefficient (Wildman–Crippen LogP) is 2.90. The molecule has 0 aromatic rings. The Balaban J connectivity index is 0.00000144. The largest absolute Gasteiger partial charge is 0.296 e. The zero-order valence-corrected chi connectivity index (χ0v) is 11.3. The van der Waals surface area contributed by atoms with Crippen LogP contribution in [-0.4, -0.2) is 23.0 Å². The molecule has 0 aromatic carbocycles. The minimum atomic E-state index is 0. The monoisotopic (exact) mass is 220 g/mol. The first kappa shape index (κ1) is 13.5. The second-order valence-corrected chi connectivity index (χ2v) is 5.70. The summed E-state index contributed by atoms with van der Waals surface area (Å²) in [5.74, 6) is 0.867. The van der Waals surface area contributed by atoms with E-state index in [1.807, 2.05) is 0 Å². The smallest absolute Gasteiger partial charge is 0.0158 e. The van der Waals surface area contributed by atoms with Crippen LogP contribution in [0.3, 0.4) is 0 Å². The van der Waals surface area contributed by atoms with Crippen molar-refractivity contribution in [2.75, 3.05) is 7.05 Å². The van der Waals surface area contributed by atoms with Crippen LogP contribution in [0.4, 0.5) is 0 Å². The molecule has 0 aromatic heterocycles. The third kappa shape index (κ3) is 2.74. The average molecular weight is 220 g/mol. The van der Waals surface area contributed by atoms with Crippen molar-refractivity contribution in [3.8, 4) is 0 Å². The summed E-state index contributed by atoms with van der Waals surface area (Å²) in [4.78, 5) is 2.53. The predicted molar refractivity (Wildman–Crippen MR) is 54.3 cm³/mol. The van der Waals surface area contributed by atoms with Crippen LogP contribution in [0.1, 0.15) is 47.5 Å². The molecule has 13 heavy (non-hydrogen) atoms. The van der Waals surface area contributed by atoms with Gasteiger partial charge in [-0.2, -0.15) is 0 Å². The van der Waals surface area contributed by atoms with Crippen LogP contribution in [0.5, 0.6) is 0 Å². The van der Waals surface area contributed by atoms with Gasteiger partial charge in [0, 0.05) is 29.6 Å². The molecule has 0 aliphatic carbocycles. The van der Waals surface area contributed by atoms with Gasteiger partial charge in [0.2, 0.25) is 0 Å². The van der Waals surface area contributed by atoms with Crippen molar-refractivity contribution in [2.24, 2.45) is 5.92 Å². The van der Waals surface area contributed by atoms with Gasteiger partial charge in [-0.15, -0.1) is 0 Å². The summed E-state index contributed by atoms with van der Waals surface area (Å²) in [5, 5.41) is 0. The summed E-state index contributed by atoms with van der Waals surface area (Å²) >= 11 is 0. The molecule has 0 bridgehead atoms. The quantitative estimate of drug-likeness (QED) is 0.606. The van der Waals surface area contributed by atoms with Gasteiger partial charge in [0.05, 0.1) is 0 Å². The van der Waals surface area contributed by atoms with E-state index >= 15 is 0 Å². The molecule has 1 heterocycles. The third-order valence-corrected chi connectivity index (χ3v) is 3.51. The Kier molecular flexibility index (Phi) is 4.13. The van der Waals surface area contributed by atoms with Crippen molar-refractivity contribution >= 4 is 0 Å². The average Bonchev–Trinajstić information content (AvgIpc) is 1.80. The zero-order chi connectivity index (χ0) is 9.57. The Bertz CT molecular complexity index is 157. The molecule has 0 atom stereocenters. The molecular weight excluding hydrogens is 197 g/mol. The molecule has 0 amide bonds. The fraction of sp³-hybridized carbons (Fsp3) is 1.00. The number of rotatable bonds is 0. The topological polar surface area (TPSA) is 3.24 Å². The molecular formula is C11H23NV. The molecule has 1 nitrogen and oxygen atoms in total. The second kappa shape index (κ2) is 3.96. The van der Waals surface area contributed by atoms with Gasteiger partial charge in [0.25, 0.3) is 0 Å². The van der Waals surface area contributed by atoms with E-state index in [0.29, 0.717) is 11.1 Å². The molecule has 1 aliphatic rings. The van der Waals surface area contributed by atoms with Gasteiger partial charge in [0.1, 0.15) is 0 Å². The molecule has 1 radical (unpaired) electrons. The maximum atomic E-state index is 2.53. The summed E-state index contributed by atoms with van der Waals surface area (Å²) in [5.41, 5.74) is 0.752. The number of hydrogen-bond donors (Lipinski definition) is 0. The zero-order valence-electron chi connectivity index (χ0n) is 9.89. The Hall–Kier alpha value is 0.544. The van der Waals surface area contributed by atoms with Crippen LogP contribution in [0.25, 0.3) is 0 Å². The second-order valence-electron chi connectivity index (χ2n) is 5.70. The van der Waals surface area contributed by atoms with Crippen LogP contribution in [-0.2, 0) is 18.6 Å². The Labute approximate surface area is 95.2 Å². The molecule has 1 saturated heterocycles. The van der Waals surface area contributed by atoms with Crippen molar-refractivity contribution in [1.82, 2.24) is 4.90 Å². The number of hydrogen-bond acceptors (Lipinski definition) is 1. The summed E-state index contributed by atoms with van der Waals surface area (Å²) in [7, 11) is 2.26. The van der Waals surface area contributed by atoms with Gasteiger partial charge in [-0.25, -0.2) is 0 Å². The van der Waals surface area contributed by atoms with Crippen molar-refractivity contribution in [1.29, 1.82) is 0 Å². The van der Waals surface area contributed by atoms with Gasteiger partial charge in [-0.3, -0.25) is 4.90 Å². The van der Waals surface area contributed by atoms with E-state index in [2.05, 4.69) is 46.6 Å². The van der Waals surface area contributed by atoms with Gasteiger partial charge < -0.3 is 0 Å². The maximum absolute atomic E-state index is 2.53. The van der Waals surface area contributed by atoms with E-state index in [9.17, 15) is 0 Å². The minimum Gasteiger partial charge on any atom is -0.296 e. The van der Waals surface area contributed by atoms with Crippen LogP contribution >= 0.6 is 0 Å². The third-order valence-electron chi connectivity index (χ3n) is 3.51. The molecule has 1 fully saturated rings. The summed E-state index contributed by atoms with van der Waals surface area (Å²) in [6.07, 6.45) is 2.65. The van der Waals surface area contributed by atoms with E-state index in [1.165, 1.54) is 12.8 Å². The van der Waals surface area contributed by atoms with Gasteiger partial charge in [0.15, 0.2) is 0 Å². The van der Waals surface area contributed by atoms with Crippen molar-refractivity contribution < 1.29 is 18.6 Å². The molecule has 77 valence electrons.